The first kappa shape index (κ1) is 16.0. The number of rotatable bonds is 4. The Morgan fingerprint density at radius 3 is 2.36 bits per heavy atom. The van der Waals surface area contributed by atoms with Crippen molar-refractivity contribution >= 4 is 17.5 Å². The minimum atomic E-state index is 0.183. The van der Waals surface area contributed by atoms with Crippen LogP contribution in [0.15, 0.2) is 48.8 Å². The summed E-state index contributed by atoms with van der Waals surface area (Å²) in [4.78, 5) is 17.5. The van der Waals surface area contributed by atoms with Gasteiger partial charge in [0.2, 0.25) is 11.2 Å². The van der Waals surface area contributed by atoms with E-state index in [-0.39, 0.29) is 5.28 Å². The second kappa shape index (κ2) is 7.16. The van der Waals surface area contributed by atoms with Gasteiger partial charge < -0.3 is 4.90 Å². The molecule has 0 aliphatic carbocycles. The van der Waals surface area contributed by atoms with Crippen LogP contribution in [0, 0.1) is 0 Å². The smallest absolute Gasteiger partial charge is 0.256 e. The molecule has 0 N–H and O–H groups in total. The van der Waals surface area contributed by atoms with Gasteiger partial charge in [0.25, 0.3) is 5.95 Å². The molecule has 25 heavy (non-hydrogen) atoms. The SMILES string of the molecule is Clc1nc(N2CCN(Cc3ccccc3)CC2)nc(-n2cccn2)n1. The van der Waals surface area contributed by atoms with Gasteiger partial charge in [0.15, 0.2) is 0 Å². The van der Waals surface area contributed by atoms with E-state index in [1.165, 1.54) is 5.56 Å². The van der Waals surface area contributed by atoms with Gasteiger partial charge in [0, 0.05) is 45.1 Å². The first-order valence-corrected chi connectivity index (χ1v) is 8.58. The molecule has 8 heteroatoms. The van der Waals surface area contributed by atoms with Crippen molar-refractivity contribution in [2.45, 2.75) is 6.54 Å². The van der Waals surface area contributed by atoms with Crippen molar-refractivity contribution in [3.63, 3.8) is 0 Å². The molecule has 3 aromatic rings. The highest BCUT2D eigenvalue weighted by Crippen LogP contribution is 2.16. The maximum Gasteiger partial charge on any atom is 0.256 e. The molecule has 1 saturated heterocycles. The van der Waals surface area contributed by atoms with Gasteiger partial charge in [-0.3, -0.25) is 4.90 Å². The number of aromatic nitrogens is 5. The Morgan fingerprint density at radius 2 is 1.64 bits per heavy atom. The Kier molecular flexibility index (Phi) is 4.58. The molecular formula is C17H18ClN7. The predicted octanol–water partition coefficient (Wildman–Crippen LogP) is 2.03. The molecule has 128 valence electrons. The third kappa shape index (κ3) is 3.78. The van der Waals surface area contributed by atoms with Crippen LogP contribution in [0.1, 0.15) is 5.56 Å². The first-order valence-electron chi connectivity index (χ1n) is 8.21. The molecule has 1 aliphatic heterocycles. The third-order valence-corrected chi connectivity index (χ3v) is 4.37. The number of nitrogens with zero attached hydrogens (tertiary/aromatic N) is 7. The lowest BCUT2D eigenvalue weighted by Crippen LogP contribution is -2.46. The van der Waals surface area contributed by atoms with E-state index < -0.39 is 0 Å². The van der Waals surface area contributed by atoms with Crippen molar-refractivity contribution in [3.05, 3.63) is 59.6 Å². The number of piperazine rings is 1. The molecule has 4 rings (SSSR count). The number of halogens is 1. The van der Waals surface area contributed by atoms with Crippen LogP contribution >= 0.6 is 11.6 Å². The summed E-state index contributed by atoms with van der Waals surface area (Å²) in [5.41, 5.74) is 1.33. The van der Waals surface area contributed by atoms with Crippen molar-refractivity contribution in [1.29, 1.82) is 0 Å². The Balaban J connectivity index is 1.44. The lowest BCUT2D eigenvalue weighted by atomic mass is 10.2. The molecule has 0 bridgehead atoms. The fraction of sp³-hybridized carbons (Fsp3) is 0.294. The molecule has 2 aromatic heterocycles. The van der Waals surface area contributed by atoms with Crippen molar-refractivity contribution in [2.24, 2.45) is 0 Å². The fourth-order valence-electron chi connectivity index (χ4n) is 2.91. The van der Waals surface area contributed by atoms with Crippen LogP contribution in [0.3, 0.4) is 0 Å². The zero-order valence-electron chi connectivity index (χ0n) is 13.7. The minimum absolute atomic E-state index is 0.183. The lowest BCUT2D eigenvalue weighted by molar-refractivity contribution is 0.248. The quantitative estimate of drug-likeness (QED) is 0.713. The summed E-state index contributed by atoms with van der Waals surface area (Å²) in [6, 6.07) is 12.3. The molecule has 1 aromatic carbocycles. The van der Waals surface area contributed by atoms with Crippen LogP contribution < -0.4 is 4.90 Å². The van der Waals surface area contributed by atoms with E-state index in [0.717, 1.165) is 32.7 Å². The zero-order chi connectivity index (χ0) is 17.1. The number of benzene rings is 1. The van der Waals surface area contributed by atoms with Crippen molar-refractivity contribution in [1.82, 2.24) is 29.6 Å². The summed E-state index contributed by atoms with van der Waals surface area (Å²) in [6.45, 7) is 4.58. The standard InChI is InChI=1S/C17H18ClN7/c18-15-20-16(22-17(21-15)25-8-4-7-19-25)24-11-9-23(10-12-24)13-14-5-2-1-3-6-14/h1-8H,9-13H2. The summed E-state index contributed by atoms with van der Waals surface area (Å²) in [5, 5.41) is 4.33. The Bertz CT molecular complexity index is 814. The van der Waals surface area contributed by atoms with Crippen molar-refractivity contribution in [2.75, 3.05) is 31.1 Å². The van der Waals surface area contributed by atoms with Gasteiger partial charge in [0.1, 0.15) is 0 Å². The van der Waals surface area contributed by atoms with E-state index in [1.807, 2.05) is 12.1 Å². The van der Waals surface area contributed by atoms with Gasteiger partial charge in [-0.05, 0) is 23.2 Å². The number of hydrogen-bond donors (Lipinski definition) is 0. The molecule has 3 heterocycles. The van der Waals surface area contributed by atoms with E-state index in [4.69, 9.17) is 11.6 Å². The highest BCUT2D eigenvalue weighted by Gasteiger charge is 2.20. The van der Waals surface area contributed by atoms with E-state index in [9.17, 15) is 0 Å². The molecule has 0 atom stereocenters. The summed E-state index contributed by atoms with van der Waals surface area (Å²) < 4.78 is 1.59. The van der Waals surface area contributed by atoms with Gasteiger partial charge in [-0.15, -0.1) is 0 Å². The molecule has 0 saturated carbocycles. The summed E-state index contributed by atoms with van der Waals surface area (Å²) in [5.74, 6) is 1.04. The monoisotopic (exact) mass is 355 g/mol. The van der Waals surface area contributed by atoms with Crippen LogP contribution in [0.4, 0.5) is 5.95 Å². The second-order valence-electron chi connectivity index (χ2n) is 5.90. The van der Waals surface area contributed by atoms with Crippen LogP contribution in [0.2, 0.25) is 5.28 Å². The van der Waals surface area contributed by atoms with Crippen molar-refractivity contribution in [3.8, 4) is 5.95 Å². The molecule has 0 spiro atoms. The first-order chi connectivity index (χ1) is 12.3. The second-order valence-corrected chi connectivity index (χ2v) is 6.24. The van der Waals surface area contributed by atoms with Gasteiger partial charge in [0.05, 0.1) is 0 Å². The lowest BCUT2D eigenvalue weighted by Gasteiger charge is -2.34. The largest absolute Gasteiger partial charge is 0.338 e. The van der Waals surface area contributed by atoms with Gasteiger partial charge in [-0.25, -0.2) is 4.68 Å². The highest BCUT2D eigenvalue weighted by atomic mass is 35.5. The maximum atomic E-state index is 6.08. The third-order valence-electron chi connectivity index (χ3n) is 4.20. The normalized spacial score (nSPS) is 15.5. The molecule has 7 nitrogen and oxygen atoms in total. The van der Waals surface area contributed by atoms with E-state index in [2.05, 4.69) is 54.1 Å². The summed E-state index contributed by atoms with van der Waals surface area (Å²) in [6.07, 6.45) is 3.47. The molecule has 0 amide bonds. The topological polar surface area (TPSA) is 63.0 Å². The van der Waals surface area contributed by atoms with E-state index in [1.54, 1.807) is 17.1 Å². The molecule has 1 aliphatic rings. The Hall–Kier alpha value is -2.51. The molecular weight excluding hydrogens is 338 g/mol. The van der Waals surface area contributed by atoms with Crippen LogP contribution in [-0.2, 0) is 6.54 Å². The van der Waals surface area contributed by atoms with E-state index in [0.29, 0.717) is 11.9 Å². The van der Waals surface area contributed by atoms with Gasteiger partial charge >= 0.3 is 0 Å². The van der Waals surface area contributed by atoms with Crippen LogP contribution in [-0.4, -0.2) is 55.8 Å². The summed E-state index contributed by atoms with van der Waals surface area (Å²) >= 11 is 6.08. The average molecular weight is 356 g/mol. The molecule has 0 unspecified atom stereocenters. The molecule has 0 radical (unpaired) electrons. The zero-order valence-corrected chi connectivity index (χ0v) is 14.4. The van der Waals surface area contributed by atoms with Gasteiger partial charge in [-0.1, -0.05) is 30.3 Å². The average Bonchev–Trinajstić information content (AvgIpc) is 3.17. The van der Waals surface area contributed by atoms with Crippen LogP contribution in [0.5, 0.6) is 0 Å². The minimum Gasteiger partial charge on any atom is -0.338 e. The van der Waals surface area contributed by atoms with Crippen LogP contribution in [0.25, 0.3) is 5.95 Å². The van der Waals surface area contributed by atoms with Crippen molar-refractivity contribution < 1.29 is 0 Å². The number of anilines is 1. The molecule has 1 fully saturated rings. The summed E-state index contributed by atoms with van der Waals surface area (Å²) in [7, 11) is 0. The predicted molar refractivity (Wildman–Crippen MR) is 95.9 cm³/mol. The van der Waals surface area contributed by atoms with E-state index >= 15 is 0 Å². The van der Waals surface area contributed by atoms with Gasteiger partial charge in [-0.2, -0.15) is 20.1 Å². The Labute approximate surface area is 150 Å². The highest BCUT2D eigenvalue weighted by molar-refractivity contribution is 6.28. The fourth-order valence-corrected chi connectivity index (χ4v) is 3.06. The Morgan fingerprint density at radius 1 is 0.880 bits per heavy atom. The number of hydrogen-bond acceptors (Lipinski definition) is 6. The maximum absolute atomic E-state index is 6.08.